The number of halogens is 1. The lowest BCUT2D eigenvalue weighted by Gasteiger charge is -2.10. The molecule has 14 heavy (non-hydrogen) atoms. The van der Waals surface area contributed by atoms with Crippen molar-refractivity contribution in [1.82, 2.24) is 5.32 Å². The van der Waals surface area contributed by atoms with Gasteiger partial charge in [-0.1, -0.05) is 11.6 Å². The molecule has 1 aromatic carbocycles. The first-order valence-electron chi connectivity index (χ1n) is 4.85. The summed E-state index contributed by atoms with van der Waals surface area (Å²) in [5.41, 5.74) is 1.38. The summed E-state index contributed by atoms with van der Waals surface area (Å²) in [5.74, 6) is 0.652. The first-order chi connectivity index (χ1) is 6.79. The normalized spacial score (nSPS) is 21.4. The summed E-state index contributed by atoms with van der Waals surface area (Å²) in [5, 5.41) is 4.24. The maximum atomic E-state index is 6.07. The van der Waals surface area contributed by atoms with Gasteiger partial charge in [0.1, 0.15) is 0 Å². The van der Waals surface area contributed by atoms with Crippen molar-refractivity contribution in [2.75, 3.05) is 19.3 Å². The zero-order valence-corrected chi connectivity index (χ0v) is 9.79. The Balaban J connectivity index is 2.27. The molecular formula is C11H14ClNS. The summed E-state index contributed by atoms with van der Waals surface area (Å²) in [6.45, 7) is 2.22. The van der Waals surface area contributed by atoms with Crippen molar-refractivity contribution in [3.05, 3.63) is 28.8 Å². The number of hydrogen-bond donors (Lipinski definition) is 1. The lowest BCUT2D eigenvalue weighted by Crippen LogP contribution is -2.07. The Bertz CT molecular complexity index is 321. The molecule has 1 saturated heterocycles. The van der Waals surface area contributed by atoms with E-state index in [-0.39, 0.29) is 0 Å². The Labute approximate surface area is 94.2 Å². The van der Waals surface area contributed by atoms with E-state index in [0.717, 1.165) is 18.1 Å². The van der Waals surface area contributed by atoms with E-state index in [1.54, 1.807) is 11.8 Å². The van der Waals surface area contributed by atoms with Crippen molar-refractivity contribution in [1.29, 1.82) is 0 Å². The SMILES string of the molecule is CSc1cc(Cl)cc(C2CCNC2)c1. The van der Waals surface area contributed by atoms with Crippen LogP contribution in [-0.2, 0) is 0 Å². The van der Waals surface area contributed by atoms with E-state index < -0.39 is 0 Å². The van der Waals surface area contributed by atoms with Crippen LogP contribution in [0.5, 0.6) is 0 Å². The van der Waals surface area contributed by atoms with E-state index in [1.807, 2.05) is 6.07 Å². The summed E-state index contributed by atoms with van der Waals surface area (Å²) in [6, 6.07) is 6.38. The second kappa shape index (κ2) is 4.56. The van der Waals surface area contributed by atoms with Crippen molar-refractivity contribution < 1.29 is 0 Å². The third-order valence-electron chi connectivity index (χ3n) is 2.66. The summed E-state index contributed by atoms with van der Waals surface area (Å²) in [4.78, 5) is 1.26. The van der Waals surface area contributed by atoms with Crippen LogP contribution in [0.2, 0.25) is 5.02 Å². The van der Waals surface area contributed by atoms with Gasteiger partial charge in [0, 0.05) is 16.5 Å². The van der Waals surface area contributed by atoms with Crippen LogP contribution in [-0.4, -0.2) is 19.3 Å². The van der Waals surface area contributed by atoms with Gasteiger partial charge in [-0.3, -0.25) is 0 Å². The lowest BCUT2D eigenvalue weighted by atomic mass is 9.99. The molecule has 76 valence electrons. The third kappa shape index (κ3) is 2.25. The molecule has 1 N–H and O–H groups in total. The molecule has 0 amide bonds. The standard InChI is InChI=1S/C11H14ClNS/c1-14-11-5-9(4-10(12)6-11)8-2-3-13-7-8/h4-6,8,13H,2-3,7H2,1H3. The molecule has 0 radical (unpaired) electrons. The topological polar surface area (TPSA) is 12.0 Å². The van der Waals surface area contributed by atoms with Crippen LogP contribution in [0.25, 0.3) is 0 Å². The fourth-order valence-corrected chi connectivity index (χ4v) is 2.68. The van der Waals surface area contributed by atoms with Gasteiger partial charge in [-0.15, -0.1) is 11.8 Å². The van der Waals surface area contributed by atoms with Crippen LogP contribution >= 0.6 is 23.4 Å². The molecule has 0 aliphatic carbocycles. The Morgan fingerprint density at radius 2 is 2.29 bits per heavy atom. The van der Waals surface area contributed by atoms with Gasteiger partial charge in [-0.2, -0.15) is 0 Å². The molecule has 0 bridgehead atoms. The van der Waals surface area contributed by atoms with Gasteiger partial charge in [0.25, 0.3) is 0 Å². The van der Waals surface area contributed by atoms with Crippen LogP contribution in [0, 0.1) is 0 Å². The number of rotatable bonds is 2. The largest absolute Gasteiger partial charge is 0.316 e. The highest BCUT2D eigenvalue weighted by molar-refractivity contribution is 7.98. The minimum absolute atomic E-state index is 0.652. The van der Waals surface area contributed by atoms with Crippen molar-refractivity contribution in [2.45, 2.75) is 17.2 Å². The average Bonchev–Trinajstić information content (AvgIpc) is 2.69. The molecule has 2 rings (SSSR count). The Morgan fingerprint density at radius 1 is 1.43 bits per heavy atom. The highest BCUT2D eigenvalue weighted by atomic mass is 35.5. The van der Waals surface area contributed by atoms with Crippen molar-refractivity contribution in [2.24, 2.45) is 0 Å². The molecule has 1 aliphatic heterocycles. The van der Waals surface area contributed by atoms with E-state index in [4.69, 9.17) is 11.6 Å². The minimum Gasteiger partial charge on any atom is -0.316 e. The van der Waals surface area contributed by atoms with Crippen LogP contribution in [0.1, 0.15) is 17.9 Å². The Morgan fingerprint density at radius 3 is 2.93 bits per heavy atom. The molecular weight excluding hydrogens is 214 g/mol. The van der Waals surface area contributed by atoms with Crippen molar-refractivity contribution >= 4 is 23.4 Å². The molecule has 1 nitrogen and oxygen atoms in total. The first-order valence-corrected chi connectivity index (χ1v) is 6.45. The summed E-state index contributed by atoms with van der Waals surface area (Å²) in [7, 11) is 0. The van der Waals surface area contributed by atoms with Gasteiger partial charge in [0.05, 0.1) is 0 Å². The van der Waals surface area contributed by atoms with Crippen LogP contribution in [0.4, 0.5) is 0 Å². The molecule has 0 aromatic heterocycles. The van der Waals surface area contributed by atoms with E-state index in [2.05, 4.69) is 23.7 Å². The van der Waals surface area contributed by atoms with Crippen molar-refractivity contribution in [3.8, 4) is 0 Å². The van der Waals surface area contributed by atoms with Gasteiger partial charge in [-0.25, -0.2) is 0 Å². The van der Waals surface area contributed by atoms with Gasteiger partial charge >= 0.3 is 0 Å². The van der Waals surface area contributed by atoms with Crippen LogP contribution in [0.3, 0.4) is 0 Å². The van der Waals surface area contributed by atoms with E-state index in [9.17, 15) is 0 Å². The van der Waals surface area contributed by atoms with Gasteiger partial charge < -0.3 is 5.32 Å². The molecule has 1 aromatic rings. The molecule has 1 unspecified atom stereocenters. The Kier molecular flexibility index (Phi) is 3.37. The van der Waals surface area contributed by atoms with Gasteiger partial charge in [0.15, 0.2) is 0 Å². The minimum atomic E-state index is 0.652. The zero-order chi connectivity index (χ0) is 9.97. The lowest BCUT2D eigenvalue weighted by molar-refractivity contribution is 0.761. The maximum absolute atomic E-state index is 6.07. The quantitative estimate of drug-likeness (QED) is 0.780. The fraction of sp³-hybridized carbons (Fsp3) is 0.455. The molecule has 1 fully saturated rings. The molecule has 1 heterocycles. The van der Waals surface area contributed by atoms with Crippen molar-refractivity contribution in [3.63, 3.8) is 0 Å². The molecule has 1 aliphatic rings. The van der Waals surface area contributed by atoms with E-state index in [0.29, 0.717) is 5.92 Å². The average molecular weight is 228 g/mol. The van der Waals surface area contributed by atoms with Gasteiger partial charge in [-0.05, 0) is 48.9 Å². The van der Waals surface area contributed by atoms with Crippen LogP contribution in [0.15, 0.2) is 23.1 Å². The monoisotopic (exact) mass is 227 g/mol. The van der Waals surface area contributed by atoms with Crippen LogP contribution < -0.4 is 5.32 Å². The fourth-order valence-electron chi connectivity index (χ4n) is 1.88. The zero-order valence-electron chi connectivity index (χ0n) is 8.22. The number of thioether (sulfide) groups is 1. The highest BCUT2D eigenvalue weighted by Crippen LogP contribution is 2.29. The second-order valence-electron chi connectivity index (χ2n) is 3.61. The first kappa shape index (κ1) is 10.3. The molecule has 1 atom stereocenters. The summed E-state index contributed by atoms with van der Waals surface area (Å²) >= 11 is 7.82. The van der Waals surface area contributed by atoms with E-state index in [1.165, 1.54) is 16.9 Å². The smallest absolute Gasteiger partial charge is 0.0419 e. The van der Waals surface area contributed by atoms with E-state index >= 15 is 0 Å². The van der Waals surface area contributed by atoms with Gasteiger partial charge in [0.2, 0.25) is 0 Å². The Hall–Kier alpha value is -0.180. The molecule has 0 saturated carbocycles. The number of hydrogen-bond acceptors (Lipinski definition) is 2. The molecule has 0 spiro atoms. The number of nitrogens with one attached hydrogen (secondary N) is 1. The summed E-state index contributed by atoms with van der Waals surface area (Å²) < 4.78 is 0. The molecule has 3 heteroatoms. The second-order valence-corrected chi connectivity index (χ2v) is 4.93. The predicted octanol–water partition coefficient (Wildman–Crippen LogP) is 3.14. The number of benzene rings is 1. The summed E-state index contributed by atoms with van der Waals surface area (Å²) in [6.07, 6.45) is 3.32. The maximum Gasteiger partial charge on any atom is 0.0419 e. The third-order valence-corrected chi connectivity index (χ3v) is 3.59. The predicted molar refractivity (Wildman–Crippen MR) is 63.5 cm³/mol. The highest BCUT2D eigenvalue weighted by Gasteiger charge is 2.17.